The van der Waals surface area contributed by atoms with Crippen LogP contribution in [0.25, 0.3) is 22.3 Å². The monoisotopic (exact) mass is 330 g/mol. The van der Waals surface area contributed by atoms with Crippen LogP contribution in [0.3, 0.4) is 0 Å². The summed E-state index contributed by atoms with van der Waals surface area (Å²) in [7, 11) is 0. The summed E-state index contributed by atoms with van der Waals surface area (Å²) in [5, 5.41) is 35.9. The SMILES string of the molecule is CC(=O)O.O=c1cc(-c2ccccc2)oc2cc(O)c(O)c(O)c12. The van der Waals surface area contributed by atoms with Gasteiger partial charge in [0.1, 0.15) is 16.7 Å². The molecular weight excluding hydrogens is 316 g/mol. The molecule has 0 aliphatic carbocycles. The lowest BCUT2D eigenvalue weighted by molar-refractivity contribution is -0.134. The number of fused-ring (bicyclic) bond motifs is 1. The van der Waals surface area contributed by atoms with E-state index < -0.39 is 28.6 Å². The van der Waals surface area contributed by atoms with Gasteiger partial charge in [-0.15, -0.1) is 0 Å². The van der Waals surface area contributed by atoms with E-state index in [1.54, 1.807) is 24.3 Å². The van der Waals surface area contributed by atoms with Gasteiger partial charge in [-0.25, -0.2) is 0 Å². The molecule has 24 heavy (non-hydrogen) atoms. The summed E-state index contributed by atoms with van der Waals surface area (Å²) in [4.78, 5) is 21.0. The zero-order chi connectivity index (χ0) is 17.9. The molecule has 2 aromatic carbocycles. The number of aromatic hydroxyl groups is 3. The van der Waals surface area contributed by atoms with Gasteiger partial charge in [-0.2, -0.15) is 0 Å². The number of aliphatic carboxylic acids is 1. The van der Waals surface area contributed by atoms with E-state index in [2.05, 4.69) is 0 Å². The van der Waals surface area contributed by atoms with Crippen molar-refractivity contribution in [1.82, 2.24) is 0 Å². The first-order valence-electron chi connectivity index (χ1n) is 6.78. The summed E-state index contributed by atoms with van der Waals surface area (Å²) in [6, 6.07) is 11.3. The van der Waals surface area contributed by atoms with Gasteiger partial charge in [-0.05, 0) is 0 Å². The van der Waals surface area contributed by atoms with E-state index in [-0.39, 0.29) is 11.0 Å². The molecule has 0 amide bonds. The van der Waals surface area contributed by atoms with Crippen molar-refractivity contribution in [1.29, 1.82) is 0 Å². The Labute approximate surface area is 135 Å². The molecule has 0 bridgehead atoms. The van der Waals surface area contributed by atoms with Crippen LogP contribution in [0.2, 0.25) is 0 Å². The molecule has 3 aromatic rings. The lowest BCUT2D eigenvalue weighted by Crippen LogP contribution is -2.00. The van der Waals surface area contributed by atoms with Crippen molar-refractivity contribution < 1.29 is 29.6 Å². The van der Waals surface area contributed by atoms with Gasteiger partial charge in [0.15, 0.2) is 16.9 Å². The number of phenolic OH excluding ortho intramolecular Hbond substituents is 3. The highest BCUT2D eigenvalue weighted by Crippen LogP contribution is 2.40. The van der Waals surface area contributed by atoms with Gasteiger partial charge in [-0.3, -0.25) is 9.59 Å². The molecule has 0 spiro atoms. The topological polar surface area (TPSA) is 128 Å². The van der Waals surface area contributed by atoms with Crippen LogP contribution in [0.15, 0.2) is 51.7 Å². The Bertz CT molecular complexity index is 939. The van der Waals surface area contributed by atoms with Crippen LogP contribution in [-0.4, -0.2) is 26.4 Å². The zero-order valence-corrected chi connectivity index (χ0v) is 12.6. The maximum atomic E-state index is 12.0. The van der Waals surface area contributed by atoms with Gasteiger partial charge in [0.25, 0.3) is 5.97 Å². The van der Waals surface area contributed by atoms with E-state index in [0.29, 0.717) is 11.3 Å². The summed E-state index contributed by atoms with van der Waals surface area (Å²) in [5.74, 6) is -2.50. The Hall–Kier alpha value is -3.48. The number of rotatable bonds is 1. The average Bonchev–Trinajstić information content (AvgIpc) is 2.52. The first-order valence-corrected chi connectivity index (χ1v) is 6.78. The molecule has 4 N–H and O–H groups in total. The van der Waals surface area contributed by atoms with Crippen LogP contribution in [0, 0.1) is 0 Å². The van der Waals surface area contributed by atoms with Gasteiger partial charge in [-0.1, -0.05) is 30.3 Å². The summed E-state index contributed by atoms with van der Waals surface area (Å²) in [6.45, 7) is 1.08. The number of hydrogen-bond acceptors (Lipinski definition) is 6. The Morgan fingerprint density at radius 1 is 1.00 bits per heavy atom. The van der Waals surface area contributed by atoms with Crippen molar-refractivity contribution in [2.75, 3.05) is 0 Å². The number of hydrogen-bond donors (Lipinski definition) is 4. The van der Waals surface area contributed by atoms with Crippen LogP contribution in [0.4, 0.5) is 0 Å². The lowest BCUT2D eigenvalue weighted by Gasteiger charge is -2.06. The van der Waals surface area contributed by atoms with Crippen LogP contribution in [0.1, 0.15) is 6.92 Å². The van der Waals surface area contributed by atoms with Gasteiger partial charge < -0.3 is 24.8 Å². The third-order valence-electron chi connectivity index (χ3n) is 3.00. The molecule has 7 heteroatoms. The largest absolute Gasteiger partial charge is 0.504 e. The third kappa shape index (κ3) is 3.46. The molecule has 124 valence electrons. The van der Waals surface area contributed by atoms with Crippen LogP contribution < -0.4 is 5.43 Å². The molecule has 0 fully saturated rings. The lowest BCUT2D eigenvalue weighted by atomic mass is 10.1. The Morgan fingerprint density at radius 2 is 1.58 bits per heavy atom. The molecule has 0 saturated heterocycles. The fraction of sp³-hybridized carbons (Fsp3) is 0.0588. The second kappa shape index (κ2) is 6.74. The van der Waals surface area contributed by atoms with Crippen molar-refractivity contribution in [2.24, 2.45) is 0 Å². The molecule has 3 rings (SSSR count). The van der Waals surface area contributed by atoms with E-state index in [1.165, 1.54) is 6.07 Å². The normalized spacial score (nSPS) is 10.0. The predicted octanol–water partition coefficient (Wildman–Crippen LogP) is 2.67. The van der Waals surface area contributed by atoms with Crippen LogP contribution in [0.5, 0.6) is 17.2 Å². The molecule has 0 radical (unpaired) electrons. The van der Waals surface area contributed by atoms with Crippen LogP contribution in [-0.2, 0) is 4.79 Å². The number of phenols is 3. The molecule has 1 aromatic heterocycles. The molecule has 0 aliphatic heterocycles. The Morgan fingerprint density at radius 3 is 2.17 bits per heavy atom. The van der Waals surface area contributed by atoms with Crippen molar-refractivity contribution >= 4 is 16.9 Å². The first kappa shape index (κ1) is 16.9. The van der Waals surface area contributed by atoms with Crippen molar-refractivity contribution in [3.8, 4) is 28.6 Å². The van der Waals surface area contributed by atoms with Gasteiger partial charge in [0.05, 0.1) is 0 Å². The highest BCUT2D eigenvalue weighted by atomic mass is 16.4. The molecular formula is C17H14O7. The zero-order valence-electron chi connectivity index (χ0n) is 12.6. The van der Waals surface area contributed by atoms with E-state index in [1.807, 2.05) is 6.07 Å². The predicted molar refractivity (Wildman–Crippen MR) is 86.2 cm³/mol. The molecule has 7 nitrogen and oxygen atoms in total. The second-order valence-corrected chi connectivity index (χ2v) is 4.83. The molecule has 0 atom stereocenters. The van der Waals surface area contributed by atoms with E-state index in [9.17, 15) is 20.1 Å². The highest BCUT2D eigenvalue weighted by molar-refractivity contribution is 5.89. The standard InChI is InChI=1S/C15H10O5.C2H4O2/c16-9-6-11(8-4-2-1-3-5-8)20-12-7-10(17)14(18)15(19)13(9)12;1-2(3)4/h1-7,17-19H;1H3,(H,3,4). The number of carboxylic acids is 1. The van der Waals surface area contributed by atoms with E-state index in [4.69, 9.17) is 14.3 Å². The molecule has 0 saturated carbocycles. The fourth-order valence-corrected chi connectivity index (χ4v) is 2.02. The summed E-state index contributed by atoms with van der Waals surface area (Å²) in [5.41, 5.74) is 0.195. The molecule has 1 heterocycles. The van der Waals surface area contributed by atoms with Crippen molar-refractivity contribution in [3.63, 3.8) is 0 Å². The Balaban J connectivity index is 0.000000471. The second-order valence-electron chi connectivity index (χ2n) is 4.83. The summed E-state index contributed by atoms with van der Waals surface area (Å²) in [6.07, 6.45) is 0. The molecule has 0 unspecified atom stereocenters. The van der Waals surface area contributed by atoms with Crippen molar-refractivity contribution in [2.45, 2.75) is 6.92 Å². The maximum Gasteiger partial charge on any atom is 0.300 e. The quantitative estimate of drug-likeness (QED) is 0.505. The van der Waals surface area contributed by atoms with Gasteiger partial charge >= 0.3 is 0 Å². The number of benzene rings is 2. The van der Waals surface area contributed by atoms with Crippen LogP contribution >= 0.6 is 0 Å². The minimum atomic E-state index is -0.833. The summed E-state index contributed by atoms with van der Waals surface area (Å²) >= 11 is 0. The summed E-state index contributed by atoms with van der Waals surface area (Å²) < 4.78 is 5.51. The Kier molecular flexibility index (Phi) is 4.74. The number of carbonyl (C=O) groups is 1. The maximum absolute atomic E-state index is 12.0. The molecule has 0 aliphatic rings. The van der Waals surface area contributed by atoms with Crippen molar-refractivity contribution in [3.05, 3.63) is 52.7 Å². The smallest absolute Gasteiger partial charge is 0.300 e. The minimum absolute atomic E-state index is 0.00385. The minimum Gasteiger partial charge on any atom is -0.504 e. The average molecular weight is 330 g/mol. The first-order chi connectivity index (χ1) is 11.3. The van der Waals surface area contributed by atoms with Gasteiger partial charge in [0, 0.05) is 24.6 Å². The fourth-order valence-electron chi connectivity index (χ4n) is 2.02. The highest BCUT2D eigenvalue weighted by Gasteiger charge is 2.17. The van der Waals surface area contributed by atoms with Gasteiger partial charge in [0.2, 0.25) is 5.75 Å². The third-order valence-corrected chi connectivity index (χ3v) is 3.00. The number of carboxylic acid groups (broad SMARTS) is 1. The van der Waals surface area contributed by atoms with E-state index >= 15 is 0 Å². The van der Waals surface area contributed by atoms with E-state index in [0.717, 1.165) is 13.0 Å².